The van der Waals surface area contributed by atoms with Gasteiger partial charge in [0.25, 0.3) is 0 Å². The molecule has 30 heavy (non-hydrogen) atoms. The van der Waals surface area contributed by atoms with Gasteiger partial charge in [0, 0.05) is 43.2 Å². The van der Waals surface area contributed by atoms with E-state index < -0.39 is 10.0 Å². The predicted octanol–water partition coefficient (Wildman–Crippen LogP) is 2.48. The molecule has 0 bridgehead atoms. The van der Waals surface area contributed by atoms with Gasteiger partial charge in [0.2, 0.25) is 15.9 Å². The number of nitrogens with zero attached hydrogens (tertiary/aromatic N) is 2. The van der Waals surface area contributed by atoms with Crippen molar-refractivity contribution in [3.05, 3.63) is 29.3 Å². The maximum Gasteiger partial charge on any atom is 0.409 e. The largest absolute Gasteiger partial charge is 0.450 e. The van der Waals surface area contributed by atoms with Gasteiger partial charge in [0.05, 0.1) is 11.5 Å². The predicted molar refractivity (Wildman–Crippen MR) is 113 cm³/mol. The number of ether oxygens (including phenoxy) is 1. The number of amides is 2. The van der Waals surface area contributed by atoms with Gasteiger partial charge in [0.1, 0.15) is 0 Å². The van der Waals surface area contributed by atoms with Crippen molar-refractivity contribution in [3.8, 4) is 0 Å². The third-order valence-electron chi connectivity index (χ3n) is 5.64. The van der Waals surface area contributed by atoms with Crippen LogP contribution in [0.1, 0.15) is 32.6 Å². The van der Waals surface area contributed by atoms with Crippen molar-refractivity contribution in [2.45, 2.75) is 43.5 Å². The van der Waals surface area contributed by atoms with E-state index in [1.807, 2.05) is 0 Å². The molecule has 0 aliphatic carbocycles. The minimum atomic E-state index is -3.58. The summed E-state index contributed by atoms with van der Waals surface area (Å²) in [6, 6.07) is 6.14. The van der Waals surface area contributed by atoms with Crippen molar-refractivity contribution in [1.82, 2.24) is 14.5 Å². The van der Waals surface area contributed by atoms with Gasteiger partial charge in [-0.3, -0.25) is 4.79 Å². The summed E-state index contributed by atoms with van der Waals surface area (Å²) in [5, 5.41) is 3.55. The second-order valence-corrected chi connectivity index (χ2v) is 9.98. The highest BCUT2D eigenvalue weighted by Crippen LogP contribution is 2.25. The second kappa shape index (κ2) is 9.98. The molecule has 1 aromatic rings. The molecule has 1 aromatic carbocycles. The van der Waals surface area contributed by atoms with Gasteiger partial charge < -0.3 is 15.0 Å². The second-order valence-electron chi connectivity index (χ2n) is 7.60. The first kappa shape index (κ1) is 22.8. The average Bonchev–Trinajstić information content (AvgIpc) is 2.75. The Morgan fingerprint density at radius 2 is 1.67 bits per heavy atom. The van der Waals surface area contributed by atoms with Crippen LogP contribution in [0.25, 0.3) is 0 Å². The van der Waals surface area contributed by atoms with Crippen molar-refractivity contribution < 1.29 is 22.7 Å². The first-order valence-corrected chi connectivity index (χ1v) is 12.1. The molecule has 3 rings (SSSR count). The third-order valence-corrected chi connectivity index (χ3v) is 7.81. The molecule has 10 heteroatoms. The molecule has 8 nitrogen and oxygen atoms in total. The molecule has 2 fully saturated rings. The van der Waals surface area contributed by atoms with E-state index in [0.717, 1.165) is 0 Å². The lowest BCUT2D eigenvalue weighted by molar-refractivity contribution is -0.127. The normalized spacial score (nSPS) is 19.5. The summed E-state index contributed by atoms with van der Waals surface area (Å²) in [5.41, 5.74) is 0. The van der Waals surface area contributed by atoms with Crippen LogP contribution >= 0.6 is 11.6 Å². The smallest absolute Gasteiger partial charge is 0.409 e. The number of hydrogen-bond donors (Lipinski definition) is 1. The number of likely N-dealkylation sites (tertiary alicyclic amines) is 1. The van der Waals surface area contributed by atoms with Crippen LogP contribution in [0.15, 0.2) is 29.2 Å². The van der Waals surface area contributed by atoms with E-state index in [-0.39, 0.29) is 28.9 Å². The van der Waals surface area contributed by atoms with Crippen LogP contribution in [0.3, 0.4) is 0 Å². The summed E-state index contributed by atoms with van der Waals surface area (Å²) in [6.45, 7) is 3.86. The number of halogens is 1. The van der Waals surface area contributed by atoms with Gasteiger partial charge in [-0.15, -0.1) is 0 Å². The first-order chi connectivity index (χ1) is 14.3. The van der Waals surface area contributed by atoms with Gasteiger partial charge in [-0.05, 0) is 56.9 Å². The Labute approximate surface area is 182 Å². The average molecular weight is 458 g/mol. The van der Waals surface area contributed by atoms with Crippen LogP contribution < -0.4 is 5.32 Å². The maximum atomic E-state index is 12.8. The zero-order chi connectivity index (χ0) is 21.7. The zero-order valence-corrected chi connectivity index (χ0v) is 18.6. The molecule has 2 heterocycles. The molecule has 2 aliphatic rings. The van der Waals surface area contributed by atoms with Crippen LogP contribution in [-0.2, 0) is 19.6 Å². The Morgan fingerprint density at radius 3 is 2.23 bits per heavy atom. The number of nitrogens with one attached hydrogen (secondary N) is 1. The van der Waals surface area contributed by atoms with Crippen LogP contribution in [0.5, 0.6) is 0 Å². The Bertz CT molecular complexity index is 846. The highest BCUT2D eigenvalue weighted by Gasteiger charge is 2.33. The molecular weight excluding hydrogens is 430 g/mol. The first-order valence-electron chi connectivity index (χ1n) is 10.3. The monoisotopic (exact) mass is 457 g/mol. The van der Waals surface area contributed by atoms with Gasteiger partial charge in [-0.1, -0.05) is 11.6 Å². The highest BCUT2D eigenvalue weighted by atomic mass is 35.5. The topological polar surface area (TPSA) is 96.0 Å². The van der Waals surface area contributed by atoms with E-state index in [1.165, 1.54) is 16.4 Å². The molecule has 1 N–H and O–H groups in total. The molecular formula is C20H28ClN3O5S. The van der Waals surface area contributed by atoms with Crippen molar-refractivity contribution in [3.63, 3.8) is 0 Å². The molecule has 0 atom stereocenters. The van der Waals surface area contributed by atoms with Gasteiger partial charge in [-0.2, -0.15) is 4.31 Å². The summed E-state index contributed by atoms with van der Waals surface area (Å²) in [4.78, 5) is 26.3. The minimum Gasteiger partial charge on any atom is -0.450 e. The molecule has 166 valence electrons. The number of rotatable bonds is 5. The molecule has 0 spiro atoms. The van der Waals surface area contributed by atoms with Crippen LogP contribution in [0, 0.1) is 5.92 Å². The minimum absolute atomic E-state index is 0.0269. The maximum absolute atomic E-state index is 12.8. The molecule has 0 aromatic heterocycles. The molecule has 0 radical (unpaired) electrons. The summed E-state index contributed by atoms with van der Waals surface area (Å²) in [7, 11) is -3.58. The van der Waals surface area contributed by atoms with Gasteiger partial charge in [0.15, 0.2) is 0 Å². The van der Waals surface area contributed by atoms with Gasteiger partial charge >= 0.3 is 6.09 Å². The standard InChI is InChI=1S/C20H28ClN3O5S/c1-2-29-20(26)23-11-9-17(10-12-23)22-19(25)15-7-13-24(14-8-15)30(27,28)18-5-3-16(21)4-6-18/h3-6,15,17H,2,7-14H2,1H3,(H,22,25). The number of carbonyl (C=O) groups is 2. The van der Waals surface area contributed by atoms with E-state index in [4.69, 9.17) is 16.3 Å². The quantitative estimate of drug-likeness (QED) is 0.732. The Balaban J connectivity index is 1.46. The van der Waals surface area contributed by atoms with Crippen molar-refractivity contribution in [1.29, 1.82) is 0 Å². The van der Waals surface area contributed by atoms with E-state index in [9.17, 15) is 18.0 Å². The van der Waals surface area contributed by atoms with E-state index in [1.54, 1.807) is 24.0 Å². The lowest BCUT2D eigenvalue weighted by Gasteiger charge is -2.34. The van der Waals surface area contributed by atoms with E-state index in [2.05, 4.69) is 5.32 Å². The molecule has 2 amide bonds. The molecule has 2 saturated heterocycles. The number of benzene rings is 1. The Morgan fingerprint density at radius 1 is 1.07 bits per heavy atom. The van der Waals surface area contributed by atoms with Crippen molar-refractivity contribution >= 4 is 33.6 Å². The van der Waals surface area contributed by atoms with Gasteiger partial charge in [-0.25, -0.2) is 13.2 Å². The number of sulfonamides is 1. The van der Waals surface area contributed by atoms with Crippen LogP contribution in [-0.4, -0.2) is 68.5 Å². The van der Waals surface area contributed by atoms with Crippen molar-refractivity contribution in [2.75, 3.05) is 32.8 Å². The number of hydrogen-bond acceptors (Lipinski definition) is 5. The number of carbonyl (C=O) groups excluding carboxylic acids is 2. The summed E-state index contributed by atoms with van der Waals surface area (Å²) >= 11 is 5.84. The van der Waals surface area contributed by atoms with Crippen LogP contribution in [0.4, 0.5) is 4.79 Å². The summed E-state index contributed by atoms with van der Waals surface area (Å²) in [5.74, 6) is -0.238. The Kier molecular flexibility index (Phi) is 7.60. The number of piperidine rings is 2. The lowest BCUT2D eigenvalue weighted by atomic mass is 9.96. The molecule has 0 saturated carbocycles. The van der Waals surface area contributed by atoms with Crippen LogP contribution in [0.2, 0.25) is 5.02 Å². The fourth-order valence-corrected chi connectivity index (χ4v) is 5.45. The van der Waals surface area contributed by atoms with Crippen molar-refractivity contribution in [2.24, 2.45) is 5.92 Å². The SMILES string of the molecule is CCOC(=O)N1CCC(NC(=O)C2CCN(S(=O)(=O)c3ccc(Cl)cc3)CC2)CC1. The zero-order valence-electron chi connectivity index (χ0n) is 17.0. The third kappa shape index (κ3) is 5.44. The lowest BCUT2D eigenvalue weighted by Crippen LogP contribution is -2.49. The fourth-order valence-electron chi connectivity index (χ4n) is 3.85. The molecule has 0 unspecified atom stereocenters. The highest BCUT2D eigenvalue weighted by molar-refractivity contribution is 7.89. The van der Waals surface area contributed by atoms with E-state index in [0.29, 0.717) is 63.5 Å². The Hall–Kier alpha value is -1.84. The summed E-state index contributed by atoms with van der Waals surface area (Å²) < 4.78 is 32.0. The summed E-state index contributed by atoms with van der Waals surface area (Å²) in [6.07, 6.45) is 2.04. The van der Waals surface area contributed by atoms with E-state index >= 15 is 0 Å². The fraction of sp³-hybridized carbons (Fsp3) is 0.600. The molecule has 2 aliphatic heterocycles.